The van der Waals surface area contributed by atoms with Crippen molar-refractivity contribution < 1.29 is 4.79 Å². The Balaban J connectivity index is 1.44. The second kappa shape index (κ2) is 7.12. The summed E-state index contributed by atoms with van der Waals surface area (Å²) >= 11 is 3.45. The number of nitrogens with zero attached hydrogens (tertiary/aromatic N) is 4. The van der Waals surface area contributed by atoms with E-state index in [1.165, 1.54) is 16.7 Å². The van der Waals surface area contributed by atoms with Crippen LogP contribution in [0.1, 0.15) is 34.6 Å². The van der Waals surface area contributed by atoms with Gasteiger partial charge in [-0.25, -0.2) is 4.52 Å². The maximum absolute atomic E-state index is 13.2. The predicted octanol–water partition coefficient (Wildman–Crippen LogP) is 4.92. The second-order valence-electron chi connectivity index (χ2n) is 7.32. The molecule has 144 valence electrons. The molecule has 0 N–H and O–H groups in total. The molecule has 0 radical (unpaired) electrons. The van der Waals surface area contributed by atoms with Crippen molar-refractivity contribution in [3.05, 3.63) is 88.4 Å². The van der Waals surface area contributed by atoms with Crippen LogP contribution >= 0.6 is 15.9 Å². The molecule has 1 amide bonds. The average molecular weight is 447 g/mol. The molecule has 5 nitrogen and oxygen atoms in total. The van der Waals surface area contributed by atoms with Gasteiger partial charge >= 0.3 is 0 Å². The molecule has 0 fully saturated rings. The molecule has 5 rings (SSSR count). The summed E-state index contributed by atoms with van der Waals surface area (Å²) < 4.78 is 2.67. The number of amides is 1. The van der Waals surface area contributed by atoms with Gasteiger partial charge < -0.3 is 4.90 Å². The Bertz CT molecular complexity index is 1220. The fourth-order valence-electron chi connectivity index (χ4n) is 4.05. The molecular weight excluding hydrogens is 428 g/mol. The topological polar surface area (TPSA) is 50.5 Å². The van der Waals surface area contributed by atoms with Crippen molar-refractivity contribution in [1.29, 1.82) is 0 Å². The summed E-state index contributed by atoms with van der Waals surface area (Å²) in [6.45, 7) is 2.78. The van der Waals surface area contributed by atoms with E-state index in [4.69, 9.17) is 0 Å². The van der Waals surface area contributed by atoms with Crippen LogP contribution in [0.2, 0.25) is 0 Å². The standard InChI is InChI=1S/C23H19BrN4O/c1-15-21-5-2-17(16-6-9-25-10-7-16)12-18(21)8-11-27(15)23(29)22-13-20-4-3-19(24)14-28(20)26-22/h2-7,9-10,12-15H,8,11H2,1H3. The SMILES string of the molecule is CC1c2ccc(-c3ccncc3)cc2CCN1C(=O)c1cc2ccc(Br)cn2n1. The molecule has 1 unspecified atom stereocenters. The zero-order valence-electron chi connectivity index (χ0n) is 15.9. The van der Waals surface area contributed by atoms with Crippen molar-refractivity contribution in [1.82, 2.24) is 19.5 Å². The van der Waals surface area contributed by atoms with Gasteiger partial charge in [0.2, 0.25) is 0 Å². The maximum atomic E-state index is 13.2. The number of aromatic nitrogens is 3. The first-order valence-corrected chi connectivity index (χ1v) is 10.4. The lowest BCUT2D eigenvalue weighted by Gasteiger charge is -2.35. The summed E-state index contributed by atoms with van der Waals surface area (Å²) in [5.41, 5.74) is 6.23. The highest BCUT2D eigenvalue weighted by Gasteiger charge is 2.29. The van der Waals surface area contributed by atoms with Crippen molar-refractivity contribution in [3.63, 3.8) is 0 Å². The number of hydrogen-bond donors (Lipinski definition) is 0. The highest BCUT2D eigenvalue weighted by atomic mass is 79.9. The van der Waals surface area contributed by atoms with Gasteiger partial charge in [-0.2, -0.15) is 5.10 Å². The Labute approximate surface area is 177 Å². The third-order valence-corrected chi connectivity index (χ3v) is 6.07. The molecule has 6 heteroatoms. The quantitative estimate of drug-likeness (QED) is 0.439. The van der Waals surface area contributed by atoms with Crippen LogP contribution in [0.15, 0.2) is 71.6 Å². The summed E-state index contributed by atoms with van der Waals surface area (Å²) in [5, 5.41) is 4.48. The van der Waals surface area contributed by atoms with Crippen LogP contribution in [0.4, 0.5) is 0 Å². The van der Waals surface area contributed by atoms with Gasteiger partial charge in [-0.05, 0) is 81.9 Å². The molecule has 0 spiro atoms. The van der Waals surface area contributed by atoms with E-state index in [0.717, 1.165) is 22.0 Å². The number of benzene rings is 1. The molecule has 1 atom stereocenters. The Morgan fingerprint density at radius 1 is 1.07 bits per heavy atom. The second-order valence-corrected chi connectivity index (χ2v) is 8.24. The Morgan fingerprint density at radius 3 is 2.72 bits per heavy atom. The molecule has 4 aromatic rings. The van der Waals surface area contributed by atoms with Crippen LogP contribution in [0.5, 0.6) is 0 Å². The van der Waals surface area contributed by atoms with Crippen LogP contribution in [0.3, 0.4) is 0 Å². The normalized spacial score (nSPS) is 16.1. The first kappa shape index (κ1) is 18.1. The molecule has 1 aliphatic rings. The number of rotatable bonds is 2. The highest BCUT2D eigenvalue weighted by Crippen LogP contribution is 2.33. The predicted molar refractivity (Wildman–Crippen MR) is 116 cm³/mol. The largest absolute Gasteiger partial charge is 0.330 e. The summed E-state index contributed by atoms with van der Waals surface area (Å²) in [6.07, 6.45) is 6.32. The third kappa shape index (κ3) is 3.23. The smallest absolute Gasteiger partial charge is 0.274 e. The first-order valence-electron chi connectivity index (χ1n) is 9.59. The third-order valence-electron chi connectivity index (χ3n) is 5.60. The highest BCUT2D eigenvalue weighted by molar-refractivity contribution is 9.10. The van der Waals surface area contributed by atoms with E-state index in [1.54, 1.807) is 4.52 Å². The summed E-state index contributed by atoms with van der Waals surface area (Å²) in [6, 6.07) is 16.3. The van der Waals surface area contributed by atoms with E-state index < -0.39 is 0 Å². The summed E-state index contributed by atoms with van der Waals surface area (Å²) in [7, 11) is 0. The molecule has 29 heavy (non-hydrogen) atoms. The van der Waals surface area contributed by atoms with E-state index in [0.29, 0.717) is 12.2 Å². The van der Waals surface area contributed by atoms with Crippen LogP contribution in [0.25, 0.3) is 16.6 Å². The number of pyridine rings is 2. The average Bonchev–Trinajstić information content (AvgIpc) is 3.17. The number of carbonyl (C=O) groups is 1. The van der Waals surface area contributed by atoms with E-state index in [9.17, 15) is 4.79 Å². The van der Waals surface area contributed by atoms with Gasteiger partial charge in [-0.3, -0.25) is 9.78 Å². The lowest BCUT2D eigenvalue weighted by atomic mass is 9.90. The number of halogens is 1. The molecule has 0 bridgehead atoms. The molecule has 1 aromatic carbocycles. The number of carbonyl (C=O) groups excluding carboxylic acids is 1. The van der Waals surface area contributed by atoms with Crippen molar-refractivity contribution in [3.8, 4) is 11.1 Å². The zero-order chi connectivity index (χ0) is 20.0. The molecule has 0 saturated carbocycles. The van der Waals surface area contributed by atoms with Gasteiger partial charge in [0.1, 0.15) is 0 Å². The van der Waals surface area contributed by atoms with Crippen molar-refractivity contribution >= 4 is 27.4 Å². The molecule has 4 heterocycles. The minimum absolute atomic E-state index is 0.00860. The minimum atomic E-state index is -0.0267. The van der Waals surface area contributed by atoms with Crippen molar-refractivity contribution in [2.45, 2.75) is 19.4 Å². The molecule has 1 aliphatic heterocycles. The van der Waals surface area contributed by atoms with E-state index >= 15 is 0 Å². The lowest BCUT2D eigenvalue weighted by molar-refractivity contribution is 0.0671. The minimum Gasteiger partial charge on any atom is -0.330 e. The van der Waals surface area contributed by atoms with Gasteiger partial charge in [0.05, 0.1) is 11.6 Å². The van der Waals surface area contributed by atoms with Gasteiger partial charge in [-0.1, -0.05) is 18.2 Å². The van der Waals surface area contributed by atoms with E-state index in [2.05, 4.69) is 51.1 Å². The van der Waals surface area contributed by atoms with Gasteiger partial charge in [0.15, 0.2) is 5.69 Å². The van der Waals surface area contributed by atoms with E-state index in [-0.39, 0.29) is 11.9 Å². The summed E-state index contributed by atoms with van der Waals surface area (Å²) in [4.78, 5) is 19.2. The monoisotopic (exact) mass is 446 g/mol. The van der Waals surface area contributed by atoms with Gasteiger partial charge in [0, 0.05) is 29.6 Å². The summed E-state index contributed by atoms with van der Waals surface area (Å²) in [5.74, 6) is -0.0267. The number of fused-ring (bicyclic) bond motifs is 2. The number of hydrogen-bond acceptors (Lipinski definition) is 3. The Hall–Kier alpha value is -2.99. The van der Waals surface area contributed by atoms with Crippen LogP contribution < -0.4 is 0 Å². The molecule has 3 aromatic heterocycles. The zero-order valence-corrected chi connectivity index (χ0v) is 17.5. The van der Waals surface area contributed by atoms with Crippen LogP contribution in [-0.4, -0.2) is 31.9 Å². The van der Waals surface area contributed by atoms with Crippen LogP contribution in [0, 0.1) is 0 Å². The first-order chi connectivity index (χ1) is 14.1. The Kier molecular flexibility index (Phi) is 4.43. The van der Waals surface area contributed by atoms with E-state index in [1.807, 2.05) is 53.8 Å². The molecular formula is C23H19BrN4O. The Morgan fingerprint density at radius 2 is 1.90 bits per heavy atom. The van der Waals surface area contributed by atoms with Gasteiger partial charge in [-0.15, -0.1) is 0 Å². The molecule has 0 saturated heterocycles. The fraction of sp³-hybridized carbons (Fsp3) is 0.174. The fourth-order valence-corrected chi connectivity index (χ4v) is 4.37. The molecule has 0 aliphatic carbocycles. The van der Waals surface area contributed by atoms with Crippen LogP contribution in [-0.2, 0) is 6.42 Å². The lowest BCUT2D eigenvalue weighted by Crippen LogP contribution is -2.39. The van der Waals surface area contributed by atoms with Gasteiger partial charge in [0.25, 0.3) is 5.91 Å². The van der Waals surface area contributed by atoms with Crippen molar-refractivity contribution in [2.24, 2.45) is 0 Å². The van der Waals surface area contributed by atoms with Crippen molar-refractivity contribution in [2.75, 3.05) is 6.54 Å². The maximum Gasteiger partial charge on any atom is 0.274 e.